The van der Waals surface area contributed by atoms with Gasteiger partial charge in [0.05, 0.1) is 12.1 Å². The van der Waals surface area contributed by atoms with E-state index in [1.54, 1.807) is 18.7 Å². The van der Waals surface area contributed by atoms with Gasteiger partial charge in [0.25, 0.3) is 0 Å². The van der Waals surface area contributed by atoms with Gasteiger partial charge in [-0.25, -0.2) is 0 Å². The minimum Gasteiger partial charge on any atom is -0.391 e. The third-order valence-electron chi connectivity index (χ3n) is 6.46. The minimum atomic E-state index is -0.843. The van der Waals surface area contributed by atoms with Crippen molar-refractivity contribution in [3.05, 3.63) is 40.7 Å². The van der Waals surface area contributed by atoms with Gasteiger partial charge < -0.3 is 20.0 Å². The molecule has 9 heteroatoms. The van der Waals surface area contributed by atoms with Gasteiger partial charge in [-0.2, -0.15) is 4.98 Å². The van der Waals surface area contributed by atoms with E-state index in [2.05, 4.69) is 15.3 Å². The zero-order valence-electron chi connectivity index (χ0n) is 17.4. The highest BCUT2D eigenvalue weighted by Crippen LogP contribution is 2.34. The van der Waals surface area contributed by atoms with E-state index in [0.717, 1.165) is 35.9 Å². The van der Waals surface area contributed by atoms with Gasteiger partial charge >= 0.3 is 0 Å². The topological polar surface area (TPSA) is 103 Å². The number of amides is 1. The number of hydrogen-bond donors (Lipinski definition) is 3. The Labute approximate surface area is 184 Å². The molecule has 1 aromatic carbocycles. The van der Waals surface area contributed by atoms with Crippen molar-refractivity contribution in [2.24, 2.45) is 13.0 Å². The first kappa shape index (κ1) is 20.1. The number of aromatic nitrogens is 3. The zero-order chi connectivity index (χ0) is 21.9. The number of nitrogens with one attached hydrogen (secondary N) is 2. The van der Waals surface area contributed by atoms with Crippen molar-refractivity contribution in [3.63, 3.8) is 0 Å². The zero-order valence-corrected chi connectivity index (χ0v) is 18.1. The predicted molar refractivity (Wildman–Crippen MR) is 119 cm³/mol. The smallest absolute Gasteiger partial charge is 0.239 e. The molecule has 3 atom stereocenters. The van der Waals surface area contributed by atoms with E-state index in [0.29, 0.717) is 22.5 Å². The molecule has 1 aliphatic carbocycles. The monoisotopic (exact) mass is 441 g/mol. The molecular formula is C22H24ClN5O3. The maximum absolute atomic E-state index is 13.4. The van der Waals surface area contributed by atoms with E-state index >= 15 is 0 Å². The number of aromatic amines is 1. The number of benzene rings is 1. The van der Waals surface area contributed by atoms with Gasteiger partial charge in [-0.3, -0.25) is 14.5 Å². The number of aliphatic hydroxyl groups excluding tert-OH is 1. The second kappa shape index (κ2) is 7.39. The summed E-state index contributed by atoms with van der Waals surface area (Å²) in [6.07, 6.45) is 2.34. The summed E-state index contributed by atoms with van der Waals surface area (Å²) in [4.78, 5) is 35.7. The molecule has 1 fully saturated rings. The predicted octanol–water partition coefficient (Wildman–Crippen LogP) is 2.90. The van der Waals surface area contributed by atoms with Gasteiger partial charge in [0.15, 0.2) is 11.6 Å². The summed E-state index contributed by atoms with van der Waals surface area (Å²) in [5.74, 6) is -0.541. The third kappa shape index (κ3) is 3.21. The second-order valence-corrected chi connectivity index (χ2v) is 8.84. The highest BCUT2D eigenvalue weighted by molar-refractivity contribution is 6.35. The highest BCUT2D eigenvalue weighted by atomic mass is 35.5. The SMILES string of the molecule is CN1C(=O)C(Cc2cc3c(Cl)cccc3[nH]2)C(=O)c2c1nc(NC1CCC[C@H]1O)n2C. The number of hydrogen-bond acceptors (Lipinski definition) is 5. The van der Waals surface area contributed by atoms with Crippen LogP contribution in [0, 0.1) is 5.92 Å². The van der Waals surface area contributed by atoms with E-state index in [1.807, 2.05) is 24.3 Å². The van der Waals surface area contributed by atoms with Crippen molar-refractivity contribution >= 4 is 46.0 Å². The van der Waals surface area contributed by atoms with Crippen LogP contribution in [0.1, 0.15) is 35.4 Å². The van der Waals surface area contributed by atoms with Crippen LogP contribution in [0.4, 0.5) is 11.8 Å². The number of halogens is 1. The number of nitrogens with zero attached hydrogens (tertiary/aromatic N) is 3. The number of carbonyl (C=O) groups excluding carboxylic acids is 2. The molecule has 0 radical (unpaired) electrons. The second-order valence-electron chi connectivity index (χ2n) is 8.43. The van der Waals surface area contributed by atoms with Crippen molar-refractivity contribution in [3.8, 4) is 0 Å². The van der Waals surface area contributed by atoms with Crippen molar-refractivity contribution in [2.45, 2.75) is 37.8 Å². The van der Waals surface area contributed by atoms with Crippen LogP contribution in [0.5, 0.6) is 0 Å². The average Bonchev–Trinajstić information content (AvgIpc) is 3.43. The molecule has 2 aromatic heterocycles. The molecular weight excluding hydrogens is 418 g/mol. The van der Waals surface area contributed by atoms with Crippen molar-refractivity contribution in [2.75, 3.05) is 17.3 Å². The first-order chi connectivity index (χ1) is 14.8. The molecule has 3 aromatic rings. The first-order valence-corrected chi connectivity index (χ1v) is 10.8. The summed E-state index contributed by atoms with van der Waals surface area (Å²) < 4.78 is 1.70. The number of imidazole rings is 1. The summed E-state index contributed by atoms with van der Waals surface area (Å²) in [7, 11) is 3.40. The molecule has 5 rings (SSSR count). The van der Waals surface area contributed by atoms with Gasteiger partial charge in [0.2, 0.25) is 11.9 Å². The average molecular weight is 442 g/mol. The van der Waals surface area contributed by atoms with E-state index in [-0.39, 0.29) is 24.2 Å². The van der Waals surface area contributed by atoms with Crippen LogP contribution >= 0.6 is 11.6 Å². The van der Waals surface area contributed by atoms with E-state index < -0.39 is 12.0 Å². The van der Waals surface area contributed by atoms with Gasteiger partial charge in [-0.15, -0.1) is 0 Å². The van der Waals surface area contributed by atoms with Crippen LogP contribution in [0.2, 0.25) is 5.02 Å². The number of Topliss-reactive ketones (excluding diaryl/α,β-unsaturated/α-hetero) is 1. The number of ketones is 1. The standard InChI is InChI=1S/C22H24ClN5O3/c1-27-18-19(30)13(10-11-9-12-14(23)5-3-6-15(12)24-11)21(31)28(2)20(18)26-22(27)25-16-7-4-8-17(16)29/h3,5-6,9,13,16-17,24,29H,4,7-8,10H2,1-2H3,(H,25,26)/t13?,16?,17-/m1/s1. The fraction of sp³-hybridized carbons (Fsp3) is 0.409. The number of anilines is 2. The Balaban J connectivity index is 1.46. The molecule has 3 N–H and O–H groups in total. The molecule has 1 saturated carbocycles. The molecule has 0 saturated heterocycles. The molecule has 31 heavy (non-hydrogen) atoms. The summed E-state index contributed by atoms with van der Waals surface area (Å²) in [6.45, 7) is 0. The molecule has 2 unspecified atom stereocenters. The lowest BCUT2D eigenvalue weighted by Gasteiger charge is -2.27. The Morgan fingerprint density at radius 3 is 2.81 bits per heavy atom. The summed E-state index contributed by atoms with van der Waals surface area (Å²) >= 11 is 6.27. The van der Waals surface area contributed by atoms with E-state index in [1.165, 1.54) is 4.90 Å². The largest absolute Gasteiger partial charge is 0.391 e. The molecule has 1 aliphatic heterocycles. The fourth-order valence-corrected chi connectivity index (χ4v) is 4.93. The molecule has 8 nitrogen and oxygen atoms in total. The third-order valence-corrected chi connectivity index (χ3v) is 6.79. The van der Waals surface area contributed by atoms with E-state index in [4.69, 9.17) is 11.6 Å². The number of carbonyl (C=O) groups is 2. The lowest BCUT2D eigenvalue weighted by atomic mass is 9.91. The Bertz CT molecular complexity index is 1200. The van der Waals surface area contributed by atoms with Crippen LogP contribution in [0.15, 0.2) is 24.3 Å². The summed E-state index contributed by atoms with van der Waals surface area (Å²) in [5.41, 5.74) is 2.05. The Morgan fingerprint density at radius 2 is 2.10 bits per heavy atom. The molecule has 0 spiro atoms. The van der Waals surface area contributed by atoms with Crippen LogP contribution in [0.25, 0.3) is 10.9 Å². The first-order valence-electron chi connectivity index (χ1n) is 10.4. The van der Waals surface area contributed by atoms with Crippen LogP contribution in [0.3, 0.4) is 0 Å². The fourth-order valence-electron chi connectivity index (χ4n) is 4.70. The maximum atomic E-state index is 13.4. The molecule has 162 valence electrons. The Kier molecular flexibility index (Phi) is 4.79. The maximum Gasteiger partial charge on any atom is 0.239 e. The lowest BCUT2D eigenvalue weighted by molar-refractivity contribution is -0.121. The minimum absolute atomic E-state index is 0.106. The number of fused-ring (bicyclic) bond motifs is 2. The molecule has 2 aliphatic rings. The van der Waals surface area contributed by atoms with E-state index in [9.17, 15) is 14.7 Å². The Hall–Kier alpha value is -2.84. The van der Waals surface area contributed by atoms with Crippen molar-refractivity contribution in [1.82, 2.24) is 14.5 Å². The van der Waals surface area contributed by atoms with Crippen molar-refractivity contribution < 1.29 is 14.7 Å². The highest BCUT2D eigenvalue weighted by Gasteiger charge is 2.42. The van der Waals surface area contributed by atoms with Gasteiger partial charge in [-0.05, 0) is 37.5 Å². The van der Waals surface area contributed by atoms with Gasteiger partial charge in [0.1, 0.15) is 11.6 Å². The normalized spacial score (nSPS) is 23.6. The number of rotatable bonds is 4. The van der Waals surface area contributed by atoms with Crippen LogP contribution in [-0.2, 0) is 18.3 Å². The number of aliphatic hydroxyl groups is 1. The molecule has 0 bridgehead atoms. The van der Waals surface area contributed by atoms with Gasteiger partial charge in [0, 0.05) is 42.1 Å². The van der Waals surface area contributed by atoms with Crippen LogP contribution < -0.4 is 10.2 Å². The van der Waals surface area contributed by atoms with Gasteiger partial charge in [-0.1, -0.05) is 17.7 Å². The molecule has 1 amide bonds. The Morgan fingerprint density at radius 1 is 1.29 bits per heavy atom. The number of H-pyrrole nitrogens is 1. The van der Waals surface area contributed by atoms with Crippen LogP contribution in [-0.4, -0.2) is 50.5 Å². The summed E-state index contributed by atoms with van der Waals surface area (Å²) in [6, 6.07) is 7.36. The molecule has 3 heterocycles. The van der Waals surface area contributed by atoms with Crippen molar-refractivity contribution in [1.29, 1.82) is 0 Å². The lowest BCUT2D eigenvalue weighted by Crippen LogP contribution is -2.44. The summed E-state index contributed by atoms with van der Waals surface area (Å²) in [5, 5.41) is 14.9. The quantitative estimate of drug-likeness (QED) is 0.540.